The van der Waals surface area contributed by atoms with Crippen LogP contribution in [0.3, 0.4) is 0 Å². The van der Waals surface area contributed by atoms with Gasteiger partial charge in [-0.3, -0.25) is 4.79 Å². The van der Waals surface area contributed by atoms with E-state index in [0.717, 1.165) is 11.1 Å². The SMILES string of the molecule is COc1cc(OC)cc(C(=O)C(=Cc2cccc(OCc3ccccc3)c2)c2nc3ccccc3o2)c1. The summed E-state index contributed by atoms with van der Waals surface area (Å²) in [5.41, 5.74) is 3.79. The second-order valence-electron chi connectivity index (χ2n) is 8.32. The lowest BCUT2D eigenvalue weighted by molar-refractivity contribution is 0.105. The minimum absolute atomic E-state index is 0.226. The first-order valence-corrected chi connectivity index (χ1v) is 11.7. The van der Waals surface area contributed by atoms with Crippen LogP contribution in [0.2, 0.25) is 0 Å². The molecule has 37 heavy (non-hydrogen) atoms. The highest BCUT2D eigenvalue weighted by molar-refractivity contribution is 6.31. The normalized spacial score (nSPS) is 11.4. The average Bonchev–Trinajstić information content (AvgIpc) is 3.39. The molecule has 0 radical (unpaired) electrons. The average molecular weight is 492 g/mol. The second-order valence-corrected chi connectivity index (χ2v) is 8.32. The van der Waals surface area contributed by atoms with E-state index in [9.17, 15) is 4.79 Å². The quantitative estimate of drug-likeness (QED) is 0.166. The van der Waals surface area contributed by atoms with Crippen molar-refractivity contribution < 1.29 is 23.4 Å². The molecule has 6 nitrogen and oxygen atoms in total. The summed E-state index contributed by atoms with van der Waals surface area (Å²) in [4.78, 5) is 18.4. The van der Waals surface area contributed by atoms with Gasteiger partial charge in [0.05, 0.1) is 19.8 Å². The van der Waals surface area contributed by atoms with E-state index in [1.165, 1.54) is 0 Å². The molecule has 0 amide bonds. The largest absolute Gasteiger partial charge is 0.497 e. The van der Waals surface area contributed by atoms with E-state index < -0.39 is 0 Å². The van der Waals surface area contributed by atoms with Gasteiger partial charge in [-0.1, -0.05) is 54.6 Å². The van der Waals surface area contributed by atoms with Gasteiger partial charge in [0.25, 0.3) is 0 Å². The molecule has 1 heterocycles. The molecule has 0 spiro atoms. The Morgan fingerprint density at radius 3 is 2.27 bits per heavy atom. The Balaban J connectivity index is 1.54. The molecule has 0 saturated carbocycles. The number of benzene rings is 4. The molecular weight excluding hydrogens is 466 g/mol. The fraction of sp³-hybridized carbons (Fsp3) is 0.0968. The zero-order valence-corrected chi connectivity index (χ0v) is 20.5. The minimum atomic E-state index is -0.278. The molecular formula is C31H25NO5. The monoisotopic (exact) mass is 491 g/mol. The van der Waals surface area contributed by atoms with E-state index in [1.807, 2.05) is 78.9 Å². The number of nitrogens with zero attached hydrogens (tertiary/aromatic N) is 1. The van der Waals surface area contributed by atoms with Gasteiger partial charge >= 0.3 is 0 Å². The number of ketones is 1. The number of aromatic nitrogens is 1. The first kappa shape index (κ1) is 23.9. The zero-order chi connectivity index (χ0) is 25.6. The van der Waals surface area contributed by atoms with Gasteiger partial charge in [-0.2, -0.15) is 0 Å². The lowest BCUT2D eigenvalue weighted by Crippen LogP contribution is -2.04. The molecule has 0 unspecified atom stereocenters. The lowest BCUT2D eigenvalue weighted by Gasteiger charge is -2.10. The Kier molecular flexibility index (Phi) is 6.99. The maximum absolute atomic E-state index is 13.8. The molecule has 0 aliphatic rings. The fourth-order valence-electron chi connectivity index (χ4n) is 3.91. The Labute approximate surface area is 214 Å². The molecule has 0 N–H and O–H groups in total. The van der Waals surface area contributed by atoms with Crippen molar-refractivity contribution in [3.63, 3.8) is 0 Å². The molecule has 5 aromatic rings. The third-order valence-corrected chi connectivity index (χ3v) is 5.80. The van der Waals surface area contributed by atoms with Crippen molar-refractivity contribution in [3.8, 4) is 17.2 Å². The zero-order valence-electron chi connectivity index (χ0n) is 20.5. The summed E-state index contributed by atoms with van der Waals surface area (Å²) in [6, 6.07) is 29.9. The Morgan fingerprint density at radius 1 is 0.811 bits per heavy atom. The van der Waals surface area contributed by atoms with Crippen molar-refractivity contribution in [2.24, 2.45) is 0 Å². The van der Waals surface area contributed by atoms with Crippen molar-refractivity contribution in [3.05, 3.63) is 120 Å². The van der Waals surface area contributed by atoms with Crippen LogP contribution in [-0.2, 0) is 6.61 Å². The van der Waals surface area contributed by atoms with Crippen molar-refractivity contribution >= 4 is 28.5 Å². The maximum Gasteiger partial charge on any atom is 0.231 e. The molecule has 4 aromatic carbocycles. The van der Waals surface area contributed by atoms with Gasteiger partial charge in [0.15, 0.2) is 11.4 Å². The summed E-state index contributed by atoms with van der Waals surface area (Å²) in [5.74, 6) is 1.65. The molecule has 0 aliphatic heterocycles. The number of carbonyl (C=O) groups is 1. The number of oxazole rings is 1. The number of methoxy groups -OCH3 is 2. The number of ether oxygens (including phenoxy) is 3. The van der Waals surface area contributed by atoms with Gasteiger partial charge in [0.2, 0.25) is 5.89 Å². The van der Waals surface area contributed by atoms with Crippen LogP contribution in [-0.4, -0.2) is 25.0 Å². The summed E-state index contributed by atoms with van der Waals surface area (Å²) < 4.78 is 22.7. The van der Waals surface area contributed by atoms with E-state index in [-0.39, 0.29) is 11.7 Å². The van der Waals surface area contributed by atoms with Gasteiger partial charge in [-0.15, -0.1) is 0 Å². The van der Waals surface area contributed by atoms with Crippen molar-refractivity contribution in [1.29, 1.82) is 0 Å². The molecule has 0 aliphatic carbocycles. The topological polar surface area (TPSA) is 70.8 Å². The van der Waals surface area contributed by atoms with Crippen molar-refractivity contribution in [2.45, 2.75) is 6.61 Å². The van der Waals surface area contributed by atoms with Crippen LogP contribution in [0.5, 0.6) is 17.2 Å². The van der Waals surface area contributed by atoms with E-state index >= 15 is 0 Å². The lowest BCUT2D eigenvalue weighted by atomic mass is 10.00. The highest BCUT2D eigenvalue weighted by Crippen LogP contribution is 2.30. The fourth-order valence-corrected chi connectivity index (χ4v) is 3.91. The summed E-state index contributed by atoms with van der Waals surface area (Å²) in [6.45, 7) is 0.439. The van der Waals surface area contributed by atoms with Crippen molar-refractivity contribution in [2.75, 3.05) is 14.2 Å². The number of para-hydroxylation sites is 2. The third-order valence-electron chi connectivity index (χ3n) is 5.80. The van der Waals surface area contributed by atoms with Gasteiger partial charge in [0.1, 0.15) is 29.4 Å². The number of hydrogen-bond donors (Lipinski definition) is 0. The standard InChI is InChI=1S/C31H25NO5/c1-34-25-17-23(18-26(19-25)35-2)30(33)27(31-32-28-13-6-7-14-29(28)37-31)16-22-11-8-12-24(15-22)36-20-21-9-4-3-5-10-21/h3-19H,20H2,1-2H3. The van der Waals surface area contributed by atoms with Crippen LogP contribution in [0, 0.1) is 0 Å². The van der Waals surface area contributed by atoms with Crippen LogP contribution in [0.15, 0.2) is 101 Å². The first-order valence-electron chi connectivity index (χ1n) is 11.7. The summed E-state index contributed by atoms with van der Waals surface area (Å²) in [7, 11) is 3.09. The smallest absolute Gasteiger partial charge is 0.231 e. The molecule has 184 valence electrons. The highest BCUT2D eigenvalue weighted by Gasteiger charge is 2.22. The van der Waals surface area contributed by atoms with E-state index in [4.69, 9.17) is 18.6 Å². The van der Waals surface area contributed by atoms with Gasteiger partial charge in [0, 0.05) is 11.6 Å². The number of hydrogen-bond acceptors (Lipinski definition) is 6. The molecule has 0 atom stereocenters. The predicted octanol–water partition coefficient (Wildman–Crippen LogP) is 6.85. The Bertz CT molecular complexity index is 1510. The summed E-state index contributed by atoms with van der Waals surface area (Å²) in [6.07, 6.45) is 1.76. The molecule has 5 rings (SSSR count). The van der Waals surface area contributed by atoms with Gasteiger partial charge in [-0.05, 0) is 53.6 Å². The van der Waals surface area contributed by atoms with Crippen LogP contribution in [0.25, 0.3) is 22.7 Å². The van der Waals surface area contributed by atoms with Gasteiger partial charge in [-0.25, -0.2) is 4.98 Å². The molecule has 0 fully saturated rings. The molecule has 6 heteroatoms. The number of carbonyl (C=O) groups excluding carboxylic acids is 1. The number of fused-ring (bicyclic) bond motifs is 1. The maximum atomic E-state index is 13.8. The van der Waals surface area contributed by atoms with Crippen LogP contribution < -0.4 is 14.2 Å². The summed E-state index contributed by atoms with van der Waals surface area (Å²) >= 11 is 0. The van der Waals surface area contributed by atoms with E-state index in [0.29, 0.717) is 46.1 Å². The molecule has 0 saturated heterocycles. The van der Waals surface area contributed by atoms with Crippen LogP contribution >= 0.6 is 0 Å². The number of Topliss-reactive ketones (excluding diaryl/α,β-unsaturated/α-hetero) is 1. The third kappa shape index (κ3) is 5.54. The Morgan fingerprint density at radius 2 is 1.54 bits per heavy atom. The van der Waals surface area contributed by atoms with Crippen LogP contribution in [0.1, 0.15) is 27.4 Å². The molecule has 1 aromatic heterocycles. The predicted molar refractivity (Wildman–Crippen MR) is 143 cm³/mol. The Hall–Kier alpha value is -4.84. The highest BCUT2D eigenvalue weighted by atomic mass is 16.5. The minimum Gasteiger partial charge on any atom is -0.497 e. The van der Waals surface area contributed by atoms with E-state index in [2.05, 4.69) is 4.98 Å². The molecule has 0 bridgehead atoms. The van der Waals surface area contributed by atoms with Gasteiger partial charge < -0.3 is 18.6 Å². The first-order chi connectivity index (χ1) is 18.1. The summed E-state index contributed by atoms with van der Waals surface area (Å²) in [5, 5.41) is 0. The van der Waals surface area contributed by atoms with Crippen molar-refractivity contribution in [1.82, 2.24) is 4.98 Å². The number of allylic oxidation sites excluding steroid dienone is 1. The second kappa shape index (κ2) is 10.8. The number of rotatable bonds is 9. The van der Waals surface area contributed by atoms with Crippen LogP contribution in [0.4, 0.5) is 0 Å². The van der Waals surface area contributed by atoms with E-state index in [1.54, 1.807) is 38.5 Å².